The zero-order valence-electron chi connectivity index (χ0n) is 9.04. The van der Waals surface area contributed by atoms with Crippen LogP contribution in [0.15, 0.2) is 54.7 Å². The second kappa shape index (κ2) is 3.76. The van der Waals surface area contributed by atoms with E-state index in [4.69, 9.17) is 5.26 Å². The number of nitrogens with zero attached hydrogens (tertiary/aromatic N) is 3. The molecule has 3 aromatic rings. The van der Waals surface area contributed by atoms with E-state index < -0.39 is 0 Å². The molecule has 0 saturated heterocycles. The number of fused-ring (bicyclic) bond motifs is 1. The van der Waals surface area contributed by atoms with E-state index in [1.54, 1.807) is 10.7 Å². The largest absolute Gasteiger partial charge is 0.232 e. The van der Waals surface area contributed by atoms with E-state index in [1.165, 1.54) is 0 Å². The normalized spacial score (nSPS) is 10.3. The highest BCUT2D eigenvalue weighted by atomic mass is 15.3. The van der Waals surface area contributed by atoms with Crippen molar-refractivity contribution in [2.24, 2.45) is 0 Å². The number of hydrogen-bond acceptors (Lipinski definition) is 2. The molecule has 0 radical (unpaired) electrons. The van der Waals surface area contributed by atoms with Crippen molar-refractivity contribution in [3.05, 3.63) is 60.3 Å². The van der Waals surface area contributed by atoms with Crippen molar-refractivity contribution < 1.29 is 0 Å². The lowest BCUT2D eigenvalue weighted by molar-refractivity contribution is 0.907. The molecule has 0 saturated carbocycles. The van der Waals surface area contributed by atoms with E-state index in [2.05, 4.69) is 11.2 Å². The van der Waals surface area contributed by atoms with Gasteiger partial charge in [-0.2, -0.15) is 10.4 Å². The van der Waals surface area contributed by atoms with Crippen LogP contribution in [0, 0.1) is 11.3 Å². The second-order valence-corrected chi connectivity index (χ2v) is 3.74. The number of rotatable bonds is 1. The van der Waals surface area contributed by atoms with E-state index in [0.29, 0.717) is 5.56 Å². The summed E-state index contributed by atoms with van der Waals surface area (Å²) in [5.41, 5.74) is 2.45. The fraction of sp³-hybridized carbons (Fsp3) is 0. The van der Waals surface area contributed by atoms with Gasteiger partial charge < -0.3 is 0 Å². The van der Waals surface area contributed by atoms with Crippen molar-refractivity contribution in [3.63, 3.8) is 0 Å². The minimum atomic E-state index is 0.626. The van der Waals surface area contributed by atoms with Crippen molar-refractivity contribution in [1.29, 1.82) is 5.26 Å². The Balaban J connectivity index is 2.32. The van der Waals surface area contributed by atoms with Gasteiger partial charge in [-0.1, -0.05) is 30.3 Å². The number of nitriles is 1. The Morgan fingerprint density at radius 2 is 1.76 bits per heavy atom. The first kappa shape index (κ1) is 9.61. The number of benzene rings is 2. The molecule has 0 N–H and O–H groups in total. The summed E-state index contributed by atoms with van der Waals surface area (Å²) in [6, 6.07) is 17.6. The molecule has 0 aliphatic heterocycles. The highest BCUT2D eigenvalue weighted by molar-refractivity contribution is 5.80. The molecule has 0 atom stereocenters. The molecule has 17 heavy (non-hydrogen) atoms. The maximum Gasteiger partial charge on any atom is 0.101 e. The Morgan fingerprint density at radius 3 is 2.65 bits per heavy atom. The van der Waals surface area contributed by atoms with Crippen molar-refractivity contribution in [2.75, 3.05) is 0 Å². The number of hydrogen-bond donors (Lipinski definition) is 0. The zero-order valence-corrected chi connectivity index (χ0v) is 9.04. The molecule has 0 amide bonds. The van der Waals surface area contributed by atoms with E-state index >= 15 is 0 Å². The van der Waals surface area contributed by atoms with Crippen LogP contribution in [-0.4, -0.2) is 9.78 Å². The summed E-state index contributed by atoms with van der Waals surface area (Å²) in [6.07, 6.45) is 1.81. The Hall–Kier alpha value is -2.60. The van der Waals surface area contributed by atoms with E-state index in [1.807, 2.05) is 48.7 Å². The first-order valence-corrected chi connectivity index (χ1v) is 5.32. The molecule has 1 heterocycles. The highest BCUT2D eigenvalue weighted by Gasteiger charge is 2.07. The van der Waals surface area contributed by atoms with Gasteiger partial charge in [0, 0.05) is 5.39 Å². The third-order valence-corrected chi connectivity index (χ3v) is 2.73. The van der Waals surface area contributed by atoms with Gasteiger partial charge in [0.1, 0.15) is 6.07 Å². The lowest BCUT2D eigenvalue weighted by Crippen LogP contribution is -1.98. The molecule has 2 aromatic carbocycles. The maximum absolute atomic E-state index is 9.10. The fourth-order valence-corrected chi connectivity index (χ4v) is 1.92. The second-order valence-electron chi connectivity index (χ2n) is 3.74. The summed E-state index contributed by atoms with van der Waals surface area (Å²) < 4.78 is 1.80. The van der Waals surface area contributed by atoms with Gasteiger partial charge >= 0.3 is 0 Å². The smallest absolute Gasteiger partial charge is 0.101 e. The summed E-state index contributed by atoms with van der Waals surface area (Å²) in [7, 11) is 0. The average molecular weight is 219 g/mol. The predicted molar refractivity (Wildman–Crippen MR) is 65.8 cm³/mol. The van der Waals surface area contributed by atoms with Crippen LogP contribution in [0.25, 0.3) is 16.6 Å². The van der Waals surface area contributed by atoms with Gasteiger partial charge in [-0.3, -0.25) is 0 Å². The molecule has 80 valence electrons. The Labute approximate surface area is 98.5 Å². The standard InChI is InChI=1S/C14H9N3/c15-9-11-5-1-3-7-13(11)17-14-8-4-2-6-12(14)10-16-17/h1-8,10H. The molecular weight excluding hydrogens is 210 g/mol. The molecule has 0 fully saturated rings. The molecule has 3 heteroatoms. The highest BCUT2D eigenvalue weighted by Crippen LogP contribution is 2.20. The Morgan fingerprint density at radius 1 is 1.00 bits per heavy atom. The lowest BCUT2D eigenvalue weighted by Gasteiger charge is -2.04. The van der Waals surface area contributed by atoms with Gasteiger partial charge in [0.05, 0.1) is 23.0 Å². The first-order valence-electron chi connectivity index (χ1n) is 5.32. The summed E-state index contributed by atoms with van der Waals surface area (Å²) in [6.45, 7) is 0. The van der Waals surface area contributed by atoms with Crippen molar-refractivity contribution in [1.82, 2.24) is 9.78 Å². The van der Waals surface area contributed by atoms with Crippen molar-refractivity contribution in [2.45, 2.75) is 0 Å². The molecule has 0 bridgehead atoms. The molecule has 1 aromatic heterocycles. The quantitative estimate of drug-likeness (QED) is 0.631. The minimum Gasteiger partial charge on any atom is -0.232 e. The van der Waals surface area contributed by atoms with E-state index in [9.17, 15) is 0 Å². The van der Waals surface area contributed by atoms with Crippen LogP contribution in [0.1, 0.15) is 5.56 Å². The Kier molecular flexibility index (Phi) is 2.13. The van der Waals surface area contributed by atoms with Gasteiger partial charge in [-0.05, 0) is 18.2 Å². The van der Waals surface area contributed by atoms with Crippen LogP contribution in [-0.2, 0) is 0 Å². The average Bonchev–Trinajstić information content (AvgIpc) is 2.82. The van der Waals surface area contributed by atoms with Crippen LogP contribution in [0.2, 0.25) is 0 Å². The minimum absolute atomic E-state index is 0.626. The zero-order chi connectivity index (χ0) is 11.7. The predicted octanol–water partition coefficient (Wildman–Crippen LogP) is 2.90. The van der Waals surface area contributed by atoms with Crippen LogP contribution in [0.4, 0.5) is 0 Å². The van der Waals surface area contributed by atoms with Gasteiger partial charge in [-0.25, -0.2) is 4.68 Å². The molecule has 0 unspecified atom stereocenters. The summed E-state index contributed by atoms with van der Waals surface area (Å²) in [5, 5.41) is 14.5. The van der Waals surface area contributed by atoms with Crippen LogP contribution in [0.5, 0.6) is 0 Å². The third kappa shape index (κ3) is 1.47. The molecule has 3 nitrogen and oxygen atoms in total. The molecule has 0 aliphatic carbocycles. The van der Waals surface area contributed by atoms with Crippen molar-refractivity contribution in [3.8, 4) is 11.8 Å². The van der Waals surface area contributed by atoms with Gasteiger partial charge in [-0.15, -0.1) is 0 Å². The van der Waals surface area contributed by atoms with Gasteiger partial charge in [0.15, 0.2) is 0 Å². The number of para-hydroxylation sites is 2. The lowest BCUT2D eigenvalue weighted by atomic mass is 10.2. The first-order chi connectivity index (χ1) is 8.40. The molecular formula is C14H9N3. The molecule has 0 aliphatic rings. The molecule has 3 rings (SSSR count). The number of aromatic nitrogens is 2. The van der Waals surface area contributed by atoms with Crippen molar-refractivity contribution >= 4 is 10.9 Å². The van der Waals surface area contributed by atoms with Gasteiger partial charge in [0.25, 0.3) is 0 Å². The van der Waals surface area contributed by atoms with Crippen LogP contribution >= 0.6 is 0 Å². The SMILES string of the molecule is N#Cc1ccccc1-n1ncc2ccccc21. The van der Waals surface area contributed by atoms with Gasteiger partial charge in [0.2, 0.25) is 0 Å². The van der Waals surface area contributed by atoms with E-state index in [0.717, 1.165) is 16.6 Å². The molecule has 0 spiro atoms. The monoisotopic (exact) mass is 219 g/mol. The fourth-order valence-electron chi connectivity index (χ4n) is 1.92. The Bertz CT molecular complexity index is 719. The van der Waals surface area contributed by atoms with Crippen LogP contribution in [0.3, 0.4) is 0 Å². The van der Waals surface area contributed by atoms with Crippen LogP contribution < -0.4 is 0 Å². The summed E-state index contributed by atoms with van der Waals surface area (Å²) in [4.78, 5) is 0. The third-order valence-electron chi connectivity index (χ3n) is 2.73. The topological polar surface area (TPSA) is 41.6 Å². The summed E-state index contributed by atoms with van der Waals surface area (Å²) >= 11 is 0. The maximum atomic E-state index is 9.10. The van der Waals surface area contributed by atoms with E-state index in [-0.39, 0.29) is 0 Å². The summed E-state index contributed by atoms with van der Waals surface area (Å²) in [5.74, 6) is 0.